The Labute approximate surface area is 203 Å². The minimum atomic E-state index is -0.271. The van der Waals surface area contributed by atoms with E-state index in [0.717, 1.165) is 47.7 Å². The monoisotopic (exact) mass is 470 g/mol. The SMILES string of the molecule is Cn1ccnc1-c1cnc(CC2CCN(C(=O)c3ccnc(Cc4cccc(F)c4)c3)CC2)cn1. The summed E-state index contributed by atoms with van der Waals surface area (Å²) in [5, 5.41) is 0. The van der Waals surface area contributed by atoms with Gasteiger partial charge in [-0.05, 0) is 55.0 Å². The minimum absolute atomic E-state index is 0.0190. The number of amides is 1. The Morgan fingerprint density at radius 3 is 2.57 bits per heavy atom. The highest BCUT2D eigenvalue weighted by molar-refractivity contribution is 5.94. The van der Waals surface area contributed by atoms with Crippen molar-refractivity contribution in [1.29, 1.82) is 0 Å². The van der Waals surface area contributed by atoms with Crippen molar-refractivity contribution in [1.82, 2.24) is 29.4 Å². The summed E-state index contributed by atoms with van der Waals surface area (Å²) in [6.07, 6.45) is 12.1. The van der Waals surface area contributed by atoms with E-state index in [1.807, 2.05) is 41.0 Å². The van der Waals surface area contributed by atoms with Gasteiger partial charge in [-0.25, -0.2) is 14.4 Å². The molecule has 1 aliphatic heterocycles. The molecule has 1 aromatic carbocycles. The van der Waals surface area contributed by atoms with Crippen molar-refractivity contribution in [2.75, 3.05) is 13.1 Å². The van der Waals surface area contributed by atoms with E-state index in [1.54, 1.807) is 30.7 Å². The van der Waals surface area contributed by atoms with Crippen molar-refractivity contribution in [2.24, 2.45) is 13.0 Å². The van der Waals surface area contributed by atoms with Gasteiger partial charge in [-0.3, -0.25) is 14.8 Å². The lowest BCUT2D eigenvalue weighted by Crippen LogP contribution is -2.39. The van der Waals surface area contributed by atoms with Crippen molar-refractivity contribution in [2.45, 2.75) is 25.7 Å². The van der Waals surface area contributed by atoms with Gasteiger partial charge in [-0.1, -0.05) is 12.1 Å². The summed E-state index contributed by atoms with van der Waals surface area (Å²) in [5.74, 6) is 1.01. The molecule has 0 atom stereocenters. The lowest BCUT2D eigenvalue weighted by atomic mass is 9.92. The number of aromatic nitrogens is 5. The van der Waals surface area contributed by atoms with Crippen LogP contribution in [0.3, 0.4) is 0 Å². The molecule has 0 saturated carbocycles. The fourth-order valence-electron chi connectivity index (χ4n) is 4.57. The Hall–Kier alpha value is -3.94. The maximum Gasteiger partial charge on any atom is 0.253 e. The number of hydrogen-bond acceptors (Lipinski definition) is 5. The molecule has 5 rings (SSSR count). The number of benzene rings is 1. The van der Waals surface area contributed by atoms with Crippen molar-refractivity contribution < 1.29 is 9.18 Å². The number of hydrogen-bond donors (Lipinski definition) is 0. The number of imidazole rings is 1. The van der Waals surface area contributed by atoms with Crippen LogP contribution in [0.2, 0.25) is 0 Å². The molecule has 4 heterocycles. The van der Waals surface area contributed by atoms with Crippen LogP contribution in [0.5, 0.6) is 0 Å². The molecule has 0 aliphatic carbocycles. The van der Waals surface area contributed by atoms with Crippen LogP contribution in [-0.2, 0) is 19.9 Å². The van der Waals surface area contributed by atoms with Gasteiger partial charge in [0.2, 0.25) is 0 Å². The molecule has 35 heavy (non-hydrogen) atoms. The first-order valence-corrected chi connectivity index (χ1v) is 11.8. The third kappa shape index (κ3) is 5.42. The van der Waals surface area contributed by atoms with Gasteiger partial charge in [0.25, 0.3) is 5.91 Å². The van der Waals surface area contributed by atoms with E-state index < -0.39 is 0 Å². The maximum absolute atomic E-state index is 13.5. The summed E-state index contributed by atoms with van der Waals surface area (Å²) in [6, 6.07) is 10.0. The zero-order valence-electron chi connectivity index (χ0n) is 19.6. The molecule has 4 aromatic rings. The van der Waals surface area contributed by atoms with Crippen LogP contribution in [0, 0.1) is 11.7 Å². The summed E-state index contributed by atoms with van der Waals surface area (Å²) in [4.78, 5) is 32.8. The van der Waals surface area contributed by atoms with Gasteiger partial charge in [0.1, 0.15) is 11.5 Å². The molecule has 1 aliphatic rings. The first kappa shape index (κ1) is 22.8. The molecule has 1 fully saturated rings. The second kappa shape index (κ2) is 10.1. The van der Waals surface area contributed by atoms with Crippen LogP contribution < -0.4 is 0 Å². The minimum Gasteiger partial charge on any atom is -0.339 e. The van der Waals surface area contributed by atoms with E-state index in [4.69, 9.17) is 0 Å². The average Bonchev–Trinajstić information content (AvgIpc) is 3.30. The summed E-state index contributed by atoms with van der Waals surface area (Å²) >= 11 is 0. The van der Waals surface area contributed by atoms with Gasteiger partial charge >= 0.3 is 0 Å². The average molecular weight is 471 g/mol. The molecular formula is C27H27FN6O. The predicted octanol–water partition coefficient (Wildman–Crippen LogP) is 4.10. The highest BCUT2D eigenvalue weighted by atomic mass is 19.1. The molecule has 178 valence electrons. The number of carbonyl (C=O) groups is 1. The number of aryl methyl sites for hydroxylation is 1. The fraction of sp³-hybridized carbons (Fsp3) is 0.296. The lowest BCUT2D eigenvalue weighted by molar-refractivity contribution is 0.0690. The molecular weight excluding hydrogens is 443 g/mol. The predicted molar refractivity (Wildman–Crippen MR) is 130 cm³/mol. The molecule has 1 amide bonds. The standard InChI is InChI=1S/C27H27FN6O/c1-33-12-9-30-26(33)25-18-31-24(17-32-25)14-19-6-10-34(11-7-19)27(35)21-5-8-29-23(16-21)15-20-3-2-4-22(28)13-20/h2-5,8-9,12-13,16-19H,6-7,10-11,14-15H2,1H3. The van der Waals surface area contributed by atoms with E-state index in [2.05, 4.69) is 19.9 Å². The van der Waals surface area contributed by atoms with Crippen LogP contribution in [0.1, 0.15) is 40.2 Å². The number of nitrogens with zero attached hydrogens (tertiary/aromatic N) is 6. The van der Waals surface area contributed by atoms with E-state index in [-0.39, 0.29) is 11.7 Å². The van der Waals surface area contributed by atoms with Gasteiger partial charge < -0.3 is 9.47 Å². The number of piperidine rings is 1. The first-order chi connectivity index (χ1) is 17.0. The molecule has 3 aromatic heterocycles. The molecule has 0 spiro atoms. The smallest absolute Gasteiger partial charge is 0.253 e. The van der Waals surface area contributed by atoms with Crippen molar-refractivity contribution in [3.05, 3.63) is 95.7 Å². The second-order valence-electron chi connectivity index (χ2n) is 9.04. The quantitative estimate of drug-likeness (QED) is 0.424. The molecule has 7 nitrogen and oxygen atoms in total. The largest absolute Gasteiger partial charge is 0.339 e. The zero-order chi connectivity index (χ0) is 24.2. The highest BCUT2D eigenvalue weighted by Crippen LogP contribution is 2.23. The Kier molecular flexibility index (Phi) is 6.61. The molecule has 8 heteroatoms. The van der Waals surface area contributed by atoms with Crippen LogP contribution in [0.25, 0.3) is 11.5 Å². The van der Waals surface area contributed by atoms with Gasteiger partial charge in [0.05, 0.1) is 11.9 Å². The van der Waals surface area contributed by atoms with Crippen molar-refractivity contribution in [3.63, 3.8) is 0 Å². The molecule has 0 N–H and O–H groups in total. The molecule has 0 bridgehead atoms. The van der Waals surface area contributed by atoms with Crippen LogP contribution in [0.4, 0.5) is 4.39 Å². The van der Waals surface area contributed by atoms with Gasteiger partial charge in [0.15, 0.2) is 5.82 Å². The summed E-state index contributed by atoms with van der Waals surface area (Å²) in [6.45, 7) is 1.42. The Bertz CT molecular complexity index is 1310. The first-order valence-electron chi connectivity index (χ1n) is 11.8. The maximum atomic E-state index is 13.5. The number of halogens is 1. The van der Waals surface area contributed by atoms with E-state index in [0.29, 0.717) is 31.0 Å². The number of likely N-dealkylation sites (tertiary alicyclic amines) is 1. The van der Waals surface area contributed by atoms with Crippen LogP contribution in [0.15, 0.2) is 67.4 Å². The Morgan fingerprint density at radius 2 is 1.86 bits per heavy atom. The Morgan fingerprint density at radius 1 is 1.00 bits per heavy atom. The normalized spacial score (nSPS) is 14.3. The van der Waals surface area contributed by atoms with Gasteiger partial charge in [-0.15, -0.1) is 0 Å². The summed E-state index contributed by atoms with van der Waals surface area (Å²) in [5.41, 5.74) is 3.93. The molecule has 0 radical (unpaired) electrons. The number of pyridine rings is 1. The van der Waals surface area contributed by atoms with E-state index in [9.17, 15) is 9.18 Å². The summed E-state index contributed by atoms with van der Waals surface area (Å²) in [7, 11) is 1.93. The van der Waals surface area contributed by atoms with Crippen LogP contribution >= 0.6 is 0 Å². The van der Waals surface area contributed by atoms with E-state index >= 15 is 0 Å². The number of rotatable bonds is 6. The fourth-order valence-corrected chi connectivity index (χ4v) is 4.57. The third-order valence-electron chi connectivity index (χ3n) is 6.49. The zero-order valence-corrected chi connectivity index (χ0v) is 19.6. The van der Waals surface area contributed by atoms with Crippen molar-refractivity contribution in [3.8, 4) is 11.5 Å². The van der Waals surface area contributed by atoms with E-state index in [1.165, 1.54) is 12.1 Å². The van der Waals surface area contributed by atoms with Gasteiger partial charge in [-0.2, -0.15) is 0 Å². The third-order valence-corrected chi connectivity index (χ3v) is 6.49. The van der Waals surface area contributed by atoms with Crippen molar-refractivity contribution >= 4 is 5.91 Å². The highest BCUT2D eigenvalue weighted by Gasteiger charge is 2.24. The second-order valence-corrected chi connectivity index (χ2v) is 9.04. The Balaban J connectivity index is 1.16. The molecule has 1 saturated heterocycles. The molecule has 0 unspecified atom stereocenters. The lowest BCUT2D eigenvalue weighted by Gasteiger charge is -2.32. The van der Waals surface area contributed by atoms with Crippen LogP contribution in [-0.4, -0.2) is 48.4 Å². The topological polar surface area (TPSA) is 76.8 Å². The van der Waals surface area contributed by atoms with Gasteiger partial charge in [0, 0.05) is 62.6 Å². The summed E-state index contributed by atoms with van der Waals surface area (Å²) < 4.78 is 15.4. The number of carbonyl (C=O) groups excluding carboxylic acids is 1.